The molecule has 0 saturated carbocycles. The zero-order valence-electron chi connectivity index (χ0n) is 18.6. The molecule has 2 aromatic carbocycles. The molecule has 0 spiro atoms. The van der Waals surface area contributed by atoms with Crippen molar-refractivity contribution in [2.75, 3.05) is 31.7 Å². The molecule has 2 N–H and O–H groups in total. The van der Waals surface area contributed by atoms with E-state index in [9.17, 15) is 4.79 Å². The van der Waals surface area contributed by atoms with Gasteiger partial charge in [0.15, 0.2) is 16.6 Å². The number of aryl methyl sites for hydroxylation is 1. The second kappa shape index (κ2) is 9.41. The van der Waals surface area contributed by atoms with Crippen LogP contribution in [-0.2, 0) is 11.3 Å². The molecule has 1 saturated heterocycles. The van der Waals surface area contributed by atoms with E-state index in [1.807, 2.05) is 54.3 Å². The number of anilines is 1. The molecular formula is C25H27N3O4S. The van der Waals surface area contributed by atoms with Gasteiger partial charge in [0.05, 0.1) is 18.2 Å². The van der Waals surface area contributed by atoms with Gasteiger partial charge in [0.25, 0.3) is 5.56 Å². The van der Waals surface area contributed by atoms with Crippen molar-refractivity contribution in [3.05, 3.63) is 63.9 Å². The molecule has 0 bridgehead atoms. The van der Waals surface area contributed by atoms with Crippen LogP contribution in [0.2, 0.25) is 0 Å². The Bertz CT molecular complexity index is 1220. The van der Waals surface area contributed by atoms with Gasteiger partial charge in [-0.2, -0.15) is 0 Å². The van der Waals surface area contributed by atoms with Gasteiger partial charge in [-0.05, 0) is 56.2 Å². The second-order valence-corrected chi connectivity index (χ2v) is 8.91. The van der Waals surface area contributed by atoms with E-state index in [1.54, 1.807) is 0 Å². The number of fused-ring (bicyclic) bond motifs is 2. The van der Waals surface area contributed by atoms with E-state index < -0.39 is 0 Å². The van der Waals surface area contributed by atoms with Gasteiger partial charge in [-0.15, -0.1) is 0 Å². The molecule has 1 atom stereocenters. The van der Waals surface area contributed by atoms with Gasteiger partial charge in [0, 0.05) is 35.9 Å². The summed E-state index contributed by atoms with van der Waals surface area (Å²) in [5, 5.41) is 4.77. The van der Waals surface area contributed by atoms with E-state index in [0.717, 1.165) is 36.0 Å². The minimum Gasteiger partial charge on any atom is -0.486 e. The Kier molecular flexibility index (Phi) is 6.20. The number of hydrogen-bond donors (Lipinski definition) is 2. The second-order valence-electron chi connectivity index (χ2n) is 8.52. The summed E-state index contributed by atoms with van der Waals surface area (Å²) < 4.78 is 17.2. The summed E-state index contributed by atoms with van der Waals surface area (Å²) in [6.45, 7) is 4.83. The Morgan fingerprint density at radius 3 is 2.61 bits per heavy atom. The minimum atomic E-state index is -0.144. The van der Waals surface area contributed by atoms with Crippen LogP contribution in [0.4, 0.5) is 5.69 Å². The number of pyridine rings is 1. The number of nitrogens with one attached hydrogen (secondary N) is 2. The molecule has 7 nitrogen and oxygen atoms in total. The highest BCUT2D eigenvalue weighted by Crippen LogP contribution is 2.33. The number of aromatic nitrogens is 1. The monoisotopic (exact) mass is 465 g/mol. The molecular weight excluding hydrogens is 438 g/mol. The van der Waals surface area contributed by atoms with E-state index in [2.05, 4.69) is 10.3 Å². The number of ether oxygens (including phenoxy) is 3. The van der Waals surface area contributed by atoms with Crippen molar-refractivity contribution >= 4 is 33.9 Å². The first-order chi connectivity index (χ1) is 16.0. The molecule has 2 aliphatic heterocycles. The molecule has 1 aromatic heterocycles. The zero-order valence-corrected chi connectivity index (χ0v) is 19.4. The molecule has 33 heavy (non-hydrogen) atoms. The molecule has 1 fully saturated rings. The van der Waals surface area contributed by atoms with E-state index in [0.29, 0.717) is 48.5 Å². The molecule has 172 valence electrons. The Morgan fingerprint density at radius 2 is 1.88 bits per heavy atom. The largest absolute Gasteiger partial charge is 0.486 e. The lowest BCUT2D eigenvalue weighted by atomic mass is 10.1. The van der Waals surface area contributed by atoms with E-state index in [-0.39, 0.29) is 11.7 Å². The average Bonchev–Trinajstić information content (AvgIpc) is 3.32. The first-order valence-corrected chi connectivity index (χ1v) is 11.7. The predicted molar refractivity (Wildman–Crippen MR) is 132 cm³/mol. The third kappa shape index (κ3) is 4.96. The van der Waals surface area contributed by atoms with Crippen molar-refractivity contribution in [3.8, 4) is 11.5 Å². The van der Waals surface area contributed by atoms with Crippen LogP contribution in [0.1, 0.15) is 24.0 Å². The Hall–Kier alpha value is -3.10. The van der Waals surface area contributed by atoms with Crippen LogP contribution in [0, 0.1) is 6.92 Å². The van der Waals surface area contributed by atoms with Crippen LogP contribution in [0.3, 0.4) is 0 Å². The van der Waals surface area contributed by atoms with Crippen LogP contribution in [-0.4, -0.2) is 47.5 Å². The fourth-order valence-electron chi connectivity index (χ4n) is 4.20. The SMILES string of the molecule is Cc1ccc(NC(=S)N(Cc2cc3cc4c(cc3[nH]c2=O)OCCO4)C[C@@H]2CCCO2)cc1. The summed E-state index contributed by atoms with van der Waals surface area (Å²) in [5.74, 6) is 1.35. The molecule has 0 radical (unpaired) electrons. The van der Waals surface area contributed by atoms with Gasteiger partial charge in [-0.25, -0.2) is 0 Å². The fraction of sp³-hybridized carbons (Fsp3) is 0.360. The van der Waals surface area contributed by atoms with Gasteiger partial charge in [-0.1, -0.05) is 17.7 Å². The van der Waals surface area contributed by atoms with Crippen molar-refractivity contribution in [3.63, 3.8) is 0 Å². The van der Waals surface area contributed by atoms with Crippen molar-refractivity contribution < 1.29 is 14.2 Å². The molecule has 3 aromatic rings. The number of benzene rings is 2. The third-order valence-electron chi connectivity index (χ3n) is 5.98. The predicted octanol–water partition coefficient (Wildman–Crippen LogP) is 3.99. The molecule has 8 heteroatoms. The molecule has 0 unspecified atom stereocenters. The van der Waals surface area contributed by atoms with Crippen LogP contribution < -0.4 is 20.3 Å². The molecule has 5 rings (SSSR count). The van der Waals surface area contributed by atoms with Gasteiger partial charge < -0.3 is 29.4 Å². The van der Waals surface area contributed by atoms with E-state index in [4.69, 9.17) is 26.4 Å². The highest BCUT2D eigenvalue weighted by Gasteiger charge is 2.22. The quantitative estimate of drug-likeness (QED) is 0.552. The van der Waals surface area contributed by atoms with Gasteiger partial charge in [-0.3, -0.25) is 4.79 Å². The average molecular weight is 466 g/mol. The maximum absolute atomic E-state index is 12.9. The first kappa shape index (κ1) is 21.7. The van der Waals surface area contributed by atoms with Crippen LogP contribution in [0.5, 0.6) is 11.5 Å². The number of nitrogens with zero attached hydrogens (tertiary/aromatic N) is 1. The van der Waals surface area contributed by atoms with Crippen molar-refractivity contribution in [2.45, 2.75) is 32.4 Å². The van der Waals surface area contributed by atoms with Crippen molar-refractivity contribution in [1.29, 1.82) is 0 Å². The molecule has 2 aliphatic rings. The van der Waals surface area contributed by atoms with Crippen molar-refractivity contribution in [2.24, 2.45) is 0 Å². The summed E-state index contributed by atoms with van der Waals surface area (Å²) >= 11 is 5.75. The van der Waals surface area contributed by atoms with Crippen LogP contribution in [0.15, 0.2) is 47.3 Å². The van der Waals surface area contributed by atoms with Crippen LogP contribution in [0.25, 0.3) is 10.9 Å². The first-order valence-electron chi connectivity index (χ1n) is 11.2. The minimum absolute atomic E-state index is 0.0971. The van der Waals surface area contributed by atoms with Gasteiger partial charge in [0.2, 0.25) is 0 Å². The summed E-state index contributed by atoms with van der Waals surface area (Å²) in [7, 11) is 0. The molecule has 3 heterocycles. The van der Waals surface area contributed by atoms with Gasteiger partial charge >= 0.3 is 0 Å². The highest BCUT2D eigenvalue weighted by atomic mass is 32.1. The van der Waals surface area contributed by atoms with Crippen molar-refractivity contribution in [1.82, 2.24) is 9.88 Å². The Balaban J connectivity index is 1.42. The maximum atomic E-state index is 12.9. The summed E-state index contributed by atoms with van der Waals surface area (Å²) in [5.41, 5.74) is 3.31. The standard InChI is InChI=1S/C25H27N3O4S/c1-16-4-6-19(7-5-16)26-25(33)28(15-20-3-2-8-30-20)14-18-11-17-12-22-23(32-10-9-31-22)13-21(17)27-24(18)29/h4-7,11-13,20H,2-3,8-10,14-15H2,1H3,(H,26,33)(H,27,29)/t20-/m0/s1. The molecule has 0 aliphatic carbocycles. The number of H-pyrrole nitrogens is 1. The smallest absolute Gasteiger partial charge is 0.253 e. The summed E-state index contributed by atoms with van der Waals surface area (Å²) in [6.07, 6.45) is 2.13. The van der Waals surface area contributed by atoms with E-state index in [1.165, 1.54) is 5.56 Å². The normalized spacial score (nSPS) is 17.2. The summed E-state index contributed by atoms with van der Waals surface area (Å²) in [4.78, 5) is 17.9. The zero-order chi connectivity index (χ0) is 22.8. The highest BCUT2D eigenvalue weighted by molar-refractivity contribution is 7.80. The lowest BCUT2D eigenvalue weighted by molar-refractivity contribution is 0.0904. The Labute approximate surface area is 197 Å². The number of thiocarbonyl (C=S) groups is 1. The lowest BCUT2D eigenvalue weighted by Gasteiger charge is -2.28. The number of rotatable bonds is 5. The molecule has 0 amide bonds. The van der Waals surface area contributed by atoms with Crippen LogP contribution >= 0.6 is 12.2 Å². The maximum Gasteiger partial charge on any atom is 0.253 e. The fourth-order valence-corrected chi connectivity index (χ4v) is 4.46. The number of hydrogen-bond acceptors (Lipinski definition) is 5. The Morgan fingerprint density at radius 1 is 1.12 bits per heavy atom. The third-order valence-corrected chi connectivity index (χ3v) is 6.34. The topological polar surface area (TPSA) is 75.8 Å². The lowest BCUT2D eigenvalue weighted by Crippen LogP contribution is -2.40. The summed E-state index contributed by atoms with van der Waals surface area (Å²) in [6, 6.07) is 13.7. The number of aromatic amines is 1. The van der Waals surface area contributed by atoms with Gasteiger partial charge in [0.1, 0.15) is 13.2 Å². The van der Waals surface area contributed by atoms with E-state index >= 15 is 0 Å².